The first kappa shape index (κ1) is 81.3. The molecule has 0 aromatic rings. The molecular weight excluding hydrogens is 965 g/mol. The van der Waals surface area contributed by atoms with E-state index in [1.807, 2.05) is 32.9 Å². The molecule has 1 aliphatic rings. The van der Waals surface area contributed by atoms with Crippen LogP contribution in [-0.4, -0.2) is 112 Å². The van der Waals surface area contributed by atoms with Gasteiger partial charge in [-0.15, -0.1) is 0 Å². The van der Waals surface area contributed by atoms with Crippen molar-refractivity contribution < 1.29 is 54.2 Å². The van der Waals surface area contributed by atoms with Crippen LogP contribution in [0.15, 0.2) is 52.8 Å². The van der Waals surface area contributed by atoms with Crippen LogP contribution in [0.1, 0.15) is 226 Å². The number of nitrogens with one attached hydrogen (secondary N) is 2. The van der Waals surface area contributed by atoms with E-state index in [1.165, 1.54) is 42.7 Å². The fraction of sp³-hybridized carbons (Fsp3) is 0.787. The van der Waals surface area contributed by atoms with Crippen molar-refractivity contribution in [3.63, 3.8) is 0 Å². The molecule has 1 saturated carbocycles. The summed E-state index contributed by atoms with van der Waals surface area (Å²) >= 11 is 0. The zero-order chi connectivity index (χ0) is 59.8. The van der Waals surface area contributed by atoms with E-state index in [2.05, 4.69) is 98.8 Å². The molecule has 9 atom stereocenters. The highest BCUT2D eigenvalue weighted by molar-refractivity contribution is 6.38. The van der Waals surface area contributed by atoms with Gasteiger partial charge in [-0.2, -0.15) is 5.53 Å². The number of nitrogens with zero attached hydrogens (tertiary/aromatic N) is 2. The van der Waals surface area contributed by atoms with Crippen LogP contribution in [0.3, 0.4) is 0 Å². The number of rotatable bonds is 33. The van der Waals surface area contributed by atoms with Crippen molar-refractivity contribution in [3.05, 3.63) is 47.6 Å². The molecule has 6 unspecified atom stereocenters. The second kappa shape index (κ2) is 52.1. The molecule has 0 heterocycles. The monoisotopic (exact) mass is 1080 g/mol. The van der Waals surface area contributed by atoms with Crippen LogP contribution in [0.2, 0.25) is 0 Å². The zero-order valence-electron chi connectivity index (χ0n) is 51.3. The van der Waals surface area contributed by atoms with Crippen molar-refractivity contribution >= 4 is 29.5 Å². The lowest BCUT2D eigenvalue weighted by molar-refractivity contribution is -0.177. The number of carbonyl (C=O) groups excluding carboxylic acids is 4. The number of hydrogen-bond acceptors (Lipinski definition) is 14. The molecule has 0 aliphatic heterocycles. The average molecular weight is 1080 g/mol. The normalized spacial score (nSPS) is 18.0. The number of hydrogen-bond donors (Lipinski definition) is 7. The maximum Gasteiger partial charge on any atom is 0.256 e. The Balaban J connectivity index is -0.000000436. The van der Waals surface area contributed by atoms with Gasteiger partial charge in [0.05, 0.1) is 12.1 Å². The van der Waals surface area contributed by atoms with Crippen molar-refractivity contribution in [1.82, 2.24) is 5.01 Å². The topological polar surface area (TPSA) is 251 Å². The average Bonchev–Trinajstić information content (AvgIpc) is 3.38. The van der Waals surface area contributed by atoms with Gasteiger partial charge in [-0.1, -0.05) is 180 Å². The van der Waals surface area contributed by atoms with E-state index in [1.54, 1.807) is 14.2 Å². The van der Waals surface area contributed by atoms with Gasteiger partial charge in [-0.3, -0.25) is 24.6 Å². The zero-order valence-corrected chi connectivity index (χ0v) is 51.3. The van der Waals surface area contributed by atoms with Crippen LogP contribution >= 0.6 is 0 Å². The van der Waals surface area contributed by atoms with E-state index < -0.39 is 29.7 Å². The smallest absolute Gasteiger partial charge is 0.256 e. The number of carbonyl (C=O) groups is 4. The number of allylic oxidation sites excluding steroid dienone is 7. The van der Waals surface area contributed by atoms with Crippen LogP contribution in [-0.2, 0) is 28.7 Å². The van der Waals surface area contributed by atoms with E-state index in [-0.39, 0.29) is 47.4 Å². The molecule has 0 amide bonds. The SMILES string of the molecule is CC(=O)C(=O)C(C)(O)O.CC/C(C)=C/C=C/C=C/[C@@H](C)CC(C)C(=O)C(C/C(C)=C/[C@@H](C)C(=O)CC[C@H](C)CC1CCC(N(C=N)N=N)C(OC)C1)OC.CCC.CCCC.CCCCCC(CCCC)C(O)O.CO. The molecule has 0 aromatic heterocycles. The van der Waals surface area contributed by atoms with Gasteiger partial charge >= 0.3 is 0 Å². The summed E-state index contributed by atoms with van der Waals surface area (Å²) in [5.41, 5.74) is 9.67. The Kier molecular flexibility index (Phi) is 55.8. The Hall–Kier alpha value is -3.57. The van der Waals surface area contributed by atoms with Crippen molar-refractivity contribution in [3.8, 4) is 0 Å². The van der Waals surface area contributed by atoms with Gasteiger partial charge in [-0.25, -0.2) is 5.01 Å². The first-order chi connectivity index (χ1) is 35.8. The second-order valence-electron chi connectivity index (χ2n) is 20.8. The van der Waals surface area contributed by atoms with E-state index in [0.717, 1.165) is 110 Å². The standard InChI is InChI=1S/C37H62N4O4.C11H24O2.C5H8O4.C4H10.C3H8.CH4O/c1-10-26(2)14-12-11-13-15-27(3)20-31(7)37(43)36(45-9)23-29(5)21-30(6)34(42)19-16-28(4)22-32-17-18-33(35(24-32)44-8)41(25-38)40-39;1-3-5-7-9-10(11(12)13)8-6-4-2;1-3(6)4(7)5(2,8)9;1-3-4-2;1-3-2;1-2/h11-15,21,25,27-28,30-33,35-36,38-39H,10,16-20,22-24H2,1-9H3;10-13H,3-9H2,1-2H3;8-9H,1-2H3;3-4H2,1-2H3;3H2,1-2H3;2H,1H3/b12-11+,15-13+,26-14+,29-21+,38-25?,40-39?;;;;;/t27-,28+,30-,31?,32?,33?,35?,36?;;;;;/m1...../s1. The van der Waals surface area contributed by atoms with Crippen LogP contribution in [0.5, 0.6) is 0 Å². The summed E-state index contributed by atoms with van der Waals surface area (Å²) in [6.07, 6.45) is 30.8. The van der Waals surface area contributed by atoms with Crippen molar-refractivity contribution in [1.29, 1.82) is 10.9 Å². The van der Waals surface area contributed by atoms with Crippen molar-refractivity contribution in [2.75, 3.05) is 21.3 Å². The van der Waals surface area contributed by atoms with Gasteiger partial charge in [0.1, 0.15) is 18.2 Å². The lowest BCUT2D eigenvalue weighted by atomic mass is 9.78. The second-order valence-corrected chi connectivity index (χ2v) is 20.8. The summed E-state index contributed by atoms with van der Waals surface area (Å²) in [4.78, 5) is 46.7. The van der Waals surface area contributed by atoms with E-state index in [0.29, 0.717) is 24.7 Å². The molecular formula is C61H116N4O11. The Morgan fingerprint density at radius 2 is 1.37 bits per heavy atom. The molecule has 0 aromatic carbocycles. The van der Waals surface area contributed by atoms with Gasteiger partial charge in [0.25, 0.3) is 5.78 Å². The number of aliphatic hydroxyl groups is 5. The number of aliphatic hydroxyl groups excluding tert-OH is 2. The molecule has 1 rings (SSSR count). The minimum Gasteiger partial charge on any atom is -0.400 e. The largest absolute Gasteiger partial charge is 0.400 e. The highest BCUT2D eigenvalue weighted by atomic mass is 16.5. The molecule has 15 nitrogen and oxygen atoms in total. The Bertz CT molecular complexity index is 1600. The van der Waals surface area contributed by atoms with E-state index in [4.69, 9.17) is 45.9 Å². The highest BCUT2D eigenvalue weighted by Crippen LogP contribution is 2.34. The molecule has 446 valence electrons. The minimum atomic E-state index is -2.51. The summed E-state index contributed by atoms with van der Waals surface area (Å²) in [5.74, 6) is -3.26. The van der Waals surface area contributed by atoms with Gasteiger partial charge in [0.2, 0.25) is 11.6 Å². The van der Waals surface area contributed by atoms with Crippen LogP contribution in [0, 0.1) is 46.4 Å². The molecule has 7 N–H and O–H groups in total. The summed E-state index contributed by atoms with van der Waals surface area (Å²) in [6.45, 7) is 29.2. The number of unbranched alkanes of at least 4 members (excludes halogenated alkanes) is 4. The molecule has 15 heteroatoms. The highest BCUT2D eigenvalue weighted by Gasteiger charge is 2.35. The predicted molar refractivity (Wildman–Crippen MR) is 313 cm³/mol. The summed E-state index contributed by atoms with van der Waals surface area (Å²) in [5, 5.41) is 54.4. The van der Waals surface area contributed by atoms with Gasteiger partial charge < -0.3 is 35.0 Å². The third-order valence-corrected chi connectivity index (χ3v) is 13.1. The minimum absolute atomic E-state index is 0.0581. The molecule has 0 spiro atoms. The maximum atomic E-state index is 13.2. The Morgan fingerprint density at radius 1 is 0.803 bits per heavy atom. The number of Topliss-reactive ketones (excluding diaryl/α,β-unsaturated/α-hetero) is 4. The molecule has 76 heavy (non-hydrogen) atoms. The van der Waals surface area contributed by atoms with E-state index >= 15 is 0 Å². The van der Waals surface area contributed by atoms with Gasteiger partial charge in [-0.05, 0) is 96.3 Å². The first-order valence-corrected chi connectivity index (χ1v) is 28.6. The number of methoxy groups -OCH3 is 2. The quantitative estimate of drug-likeness (QED) is 0.00373. The van der Waals surface area contributed by atoms with Crippen LogP contribution in [0.4, 0.5) is 0 Å². The lowest BCUT2D eigenvalue weighted by Gasteiger charge is -2.38. The summed E-state index contributed by atoms with van der Waals surface area (Å²) in [6, 6.07) is -0.0685. The first-order valence-electron chi connectivity index (χ1n) is 28.6. The van der Waals surface area contributed by atoms with Gasteiger partial charge in [0, 0.05) is 58.8 Å². The molecule has 1 aliphatic carbocycles. The fourth-order valence-corrected chi connectivity index (χ4v) is 8.27. The molecule has 0 radical (unpaired) electrons. The maximum absolute atomic E-state index is 13.2. The van der Waals surface area contributed by atoms with Crippen LogP contribution in [0.25, 0.3) is 0 Å². The Labute approximate surface area is 463 Å². The third kappa shape index (κ3) is 43.4. The van der Waals surface area contributed by atoms with E-state index in [9.17, 15) is 19.2 Å². The number of ketones is 4. The number of ether oxygens (including phenoxy) is 2. The molecule has 0 bridgehead atoms. The molecule has 1 fully saturated rings. The predicted octanol–water partition coefficient (Wildman–Crippen LogP) is 13.4. The Morgan fingerprint density at radius 3 is 1.80 bits per heavy atom. The van der Waals surface area contributed by atoms with Crippen molar-refractivity contribution in [2.24, 2.45) is 40.7 Å². The summed E-state index contributed by atoms with van der Waals surface area (Å²) in [7, 11) is 4.28. The van der Waals surface area contributed by atoms with Crippen molar-refractivity contribution in [2.45, 2.75) is 256 Å². The van der Waals surface area contributed by atoms with Gasteiger partial charge in [0.15, 0.2) is 12.1 Å². The fourth-order valence-electron chi connectivity index (χ4n) is 8.27. The third-order valence-electron chi connectivity index (χ3n) is 13.1. The summed E-state index contributed by atoms with van der Waals surface area (Å²) < 4.78 is 11.3. The van der Waals surface area contributed by atoms with Crippen LogP contribution < -0.4 is 0 Å². The molecule has 0 saturated heterocycles. The lowest BCUT2D eigenvalue weighted by Crippen LogP contribution is -2.45.